The van der Waals surface area contributed by atoms with Gasteiger partial charge in [0.15, 0.2) is 12.1 Å². The maximum absolute atomic E-state index is 11.9. The average Bonchev–Trinajstić information content (AvgIpc) is 3.12. The van der Waals surface area contributed by atoms with Gasteiger partial charge in [0.1, 0.15) is 24.4 Å². The quantitative estimate of drug-likeness (QED) is 0.421. The van der Waals surface area contributed by atoms with E-state index in [0.29, 0.717) is 6.42 Å². The van der Waals surface area contributed by atoms with Gasteiger partial charge in [-0.05, 0) is 56.4 Å². The number of aliphatic hydroxyl groups excluding tert-OH is 4. The molecule has 1 heterocycles. The van der Waals surface area contributed by atoms with Crippen molar-refractivity contribution in [1.29, 1.82) is 0 Å². The second-order valence-corrected chi connectivity index (χ2v) is 9.36. The highest BCUT2D eigenvalue weighted by molar-refractivity contribution is 5.91. The third-order valence-corrected chi connectivity index (χ3v) is 7.43. The molecule has 2 fully saturated rings. The molecule has 0 unspecified atom stereocenters. The molecule has 9 atom stereocenters. The molecule has 1 saturated heterocycles. The van der Waals surface area contributed by atoms with Crippen molar-refractivity contribution in [2.24, 2.45) is 17.3 Å². The van der Waals surface area contributed by atoms with Gasteiger partial charge in [0, 0.05) is 6.42 Å². The van der Waals surface area contributed by atoms with Crippen LogP contribution in [0.2, 0.25) is 0 Å². The molecule has 3 rings (SSSR count). The molecule has 2 aliphatic carbocycles. The first-order valence-electron chi connectivity index (χ1n) is 10.4. The van der Waals surface area contributed by atoms with Gasteiger partial charge >= 0.3 is 0 Å². The van der Waals surface area contributed by atoms with Gasteiger partial charge in [-0.2, -0.15) is 0 Å². The van der Waals surface area contributed by atoms with Crippen molar-refractivity contribution in [2.75, 3.05) is 13.2 Å². The number of hydrogen-bond acceptors (Lipinski definition) is 8. The summed E-state index contributed by atoms with van der Waals surface area (Å²) in [6.45, 7) is 5.10. The van der Waals surface area contributed by atoms with E-state index in [1.54, 1.807) is 13.0 Å². The molecular weight excluding hydrogens is 380 g/mol. The molecule has 1 aliphatic heterocycles. The van der Waals surface area contributed by atoms with Crippen LogP contribution in [0.1, 0.15) is 46.5 Å². The molecule has 0 amide bonds. The second-order valence-electron chi connectivity index (χ2n) is 9.36. The Morgan fingerprint density at radius 2 is 1.97 bits per heavy atom. The van der Waals surface area contributed by atoms with Crippen molar-refractivity contribution < 1.29 is 39.8 Å². The molecule has 0 aromatic rings. The molecule has 0 aromatic carbocycles. The molecule has 166 valence electrons. The third kappa shape index (κ3) is 4.17. The largest absolute Gasteiger partial charge is 0.394 e. The van der Waals surface area contributed by atoms with Crippen molar-refractivity contribution in [3.05, 3.63) is 11.6 Å². The van der Waals surface area contributed by atoms with Crippen molar-refractivity contribution in [1.82, 2.24) is 0 Å². The van der Waals surface area contributed by atoms with Crippen LogP contribution in [-0.4, -0.2) is 80.8 Å². The SMILES string of the molecule is CC1=CC(=O)C[C@@H](C)[C@@]12CC[C@@H]([C@@](C)(O)CO[C@@H]1O[C@H](CO)[C@@H](O)[C@H](O)[C@H]1O)C2. The Morgan fingerprint density at radius 3 is 2.59 bits per heavy atom. The summed E-state index contributed by atoms with van der Waals surface area (Å²) in [5, 5.41) is 50.2. The first-order valence-corrected chi connectivity index (χ1v) is 10.4. The predicted octanol–water partition coefficient (Wildman–Crippen LogP) is -0.104. The molecule has 0 aromatic heterocycles. The molecule has 8 heteroatoms. The summed E-state index contributed by atoms with van der Waals surface area (Å²) in [5.41, 5.74) is -0.218. The van der Waals surface area contributed by atoms with Crippen molar-refractivity contribution >= 4 is 5.78 Å². The average molecular weight is 414 g/mol. The minimum Gasteiger partial charge on any atom is -0.394 e. The van der Waals surface area contributed by atoms with E-state index in [2.05, 4.69) is 6.92 Å². The number of ketones is 1. The summed E-state index contributed by atoms with van der Waals surface area (Å²) < 4.78 is 11.0. The number of rotatable bonds is 5. The van der Waals surface area contributed by atoms with Gasteiger partial charge in [-0.1, -0.05) is 12.5 Å². The minimum absolute atomic E-state index is 0.0635. The Morgan fingerprint density at radius 1 is 1.28 bits per heavy atom. The van der Waals surface area contributed by atoms with E-state index in [1.807, 2.05) is 6.92 Å². The Bertz CT molecular complexity index is 645. The molecule has 5 N–H and O–H groups in total. The normalized spacial score (nSPS) is 45.3. The number of aliphatic hydroxyl groups is 5. The van der Waals surface area contributed by atoms with E-state index >= 15 is 0 Å². The Labute approximate surface area is 171 Å². The maximum Gasteiger partial charge on any atom is 0.186 e. The zero-order valence-electron chi connectivity index (χ0n) is 17.3. The maximum atomic E-state index is 11.9. The molecule has 0 bridgehead atoms. The minimum atomic E-state index is -1.51. The topological polar surface area (TPSA) is 137 Å². The highest BCUT2D eigenvalue weighted by Gasteiger charge is 2.51. The predicted molar refractivity (Wildman–Crippen MR) is 103 cm³/mol. The highest BCUT2D eigenvalue weighted by atomic mass is 16.7. The van der Waals surface area contributed by atoms with Crippen LogP contribution < -0.4 is 0 Å². The Balaban J connectivity index is 1.65. The molecular formula is C21H34O8. The summed E-state index contributed by atoms with van der Waals surface area (Å²) in [4.78, 5) is 11.9. The van der Waals surface area contributed by atoms with Gasteiger partial charge in [-0.15, -0.1) is 0 Å². The van der Waals surface area contributed by atoms with E-state index in [0.717, 1.165) is 24.8 Å². The summed E-state index contributed by atoms with van der Waals surface area (Å²) in [6.07, 6.45) is -2.09. The summed E-state index contributed by atoms with van der Waals surface area (Å²) >= 11 is 0. The van der Waals surface area contributed by atoms with E-state index in [-0.39, 0.29) is 29.6 Å². The lowest BCUT2D eigenvalue weighted by molar-refractivity contribution is -0.309. The summed E-state index contributed by atoms with van der Waals surface area (Å²) in [7, 11) is 0. The fourth-order valence-electron chi connectivity index (χ4n) is 5.32. The fraction of sp³-hybridized carbons (Fsp3) is 0.857. The molecule has 1 spiro atoms. The zero-order chi connectivity index (χ0) is 21.6. The zero-order valence-corrected chi connectivity index (χ0v) is 17.3. The lowest BCUT2D eigenvalue weighted by atomic mass is 9.64. The fourth-order valence-corrected chi connectivity index (χ4v) is 5.32. The van der Waals surface area contributed by atoms with Crippen LogP contribution in [0.5, 0.6) is 0 Å². The number of carbonyl (C=O) groups excluding carboxylic acids is 1. The number of allylic oxidation sites excluding steroid dienone is 2. The van der Waals surface area contributed by atoms with Crippen LogP contribution >= 0.6 is 0 Å². The number of carbonyl (C=O) groups is 1. The van der Waals surface area contributed by atoms with Crippen LogP contribution in [0.15, 0.2) is 11.6 Å². The van der Waals surface area contributed by atoms with Gasteiger partial charge in [-0.25, -0.2) is 0 Å². The molecule has 8 nitrogen and oxygen atoms in total. The molecule has 0 radical (unpaired) electrons. The summed E-state index contributed by atoms with van der Waals surface area (Å²) in [6, 6.07) is 0. The second kappa shape index (κ2) is 8.34. The van der Waals surface area contributed by atoms with Crippen LogP contribution in [0.25, 0.3) is 0 Å². The standard InChI is InChI=1S/C21H34O8/c1-11-6-14(23)7-12(2)21(11)5-4-13(8-21)20(3,27)10-28-19-18(26)17(25)16(24)15(9-22)29-19/h6,12-13,15-19,22,24-27H,4-5,7-10H2,1-3H3/t12-,13-,15-,16-,17+,18-,19-,20+,21-/m1/s1. The van der Waals surface area contributed by atoms with E-state index in [9.17, 15) is 30.3 Å². The van der Waals surface area contributed by atoms with E-state index < -0.39 is 42.9 Å². The molecule has 29 heavy (non-hydrogen) atoms. The van der Waals surface area contributed by atoms with Crippen molar-refractivity contribution in [3.63, 3.8) is 0 Å². The lowest BCUT2D eigenvalue weighted by Crippen LogP contribution is -2.59. The lowest BCUT2D eigenvalue weighted by Gasteiger charge is -2.42. The van der Waals surface area contributed by atoms with Gasteiger partial charge in [0.05, 0.1) is 18.8 Å². The summed E-state index contributed by atoms with van der Waals surface area (Å²) in [5.74, 6) is 0.306. The van der Waals surface area contributed by atoms with Gasteiger partial charge in [0.2, 0.25) is 0 Å². The van der Waals surface area contributed by atoms with Crippen LogP contribution in [-0.2, 0) is 14.3 Å². The van der Waals surface area contributed by atoms with Crippen LogP contribution in [0.3, 0.4) is 0 Å². The Hall–Kier alpha value is -0.870. The van der Waals surface area contributed by atoms with Crippen LogP contribution in [0, 0.1) is 17.3 Å². The van der Waals surface area contributed by atoms with Gasteiger partial charge < -0.3 is 35.0 Å². The highest BCUT2D eigenvalue weighted by Crippen LogP contribution is 2.56. The number of ether oxygens (including phenoxy) is 2. The van der Waals surface area contributed by atoms with E-state index in [1.165, 1.54) is 0 Å². The monoisotopic (exact) mass is 414 g/mol. The molecule has 1 saturated carbocycles. The van der Waals surface area contributed by atoms with Gasteiger partial charge in [-0.3, -0.25) is 4.79 Å². The smallest absolute Gasteiger partial charge is 0.186 e. The number of hydrogen-bond donors (Lipinski definition) is 5. The van der Waals surface area contributed by atoms with E-state index in [4.69, 9.17) is 9.47 Å². The third-order valence-electron chi connectivity index (χ3n) is 7.43. The first kappa shape index (κ1) is 22.8. The van der Waals surface area contributed by atoms with Gasteiger partial charge in [0.25, 0.3) is 0 Å². The van der Waals surface area contributed by atoms with Crippen molar-refractivity contribution in [2.45, 2.75) is 82.8 Å². The molecule has 3 aliphatic rings. The first-order chi connectivity index (χ1) is 13.5. The Kier molecular flexibility index (Phi) is 6.56. The van der Waals surface area contributed by atoms with Crippen molar-refractivity contribution in [3.8, 4) is 0 Å². The van der Waals surface area contributed by atoms with Crippen LogP contribution in [0.4, 0.5) is 0 Å².